The second kappa shape index (κ2) is 12.7. The molecule has 0 unspecified atom stereocenters. The van der Waals surface area contributed by atoms with E-state index in [1.165, 1.54) is 18.3 Å². The van der Waals surface area contributed by atoms with Crippen molar-refractivity contribution in [2.75, 3.05) is 6.61 Å². The van der Waals surface area contributed by atoms with Gasteiger partial charge < -0.3 is 9.47 Å². The minimum atomic E-state index is -3.75. The van der Waals surface area contributed by atoms with Gasteiger partial charge in [0, 0.05) is 22.6 Å². The van der Waals surface area contributed by atoms with Crippen LogP contribution in [0.2, 0.25) is 0 Å². The van der Waals surface area contributed by atoms with Crippen molar-refractivity contribution in [1.82, 2.24) is 0 Å². The van der Waals surface area contributed by atoms with Crippen molar-refractivity contribution >= 4 is 33.1 Å². The van der Waals surface area contributed by atoms with Crippen molar-refractivity contribution in [2.24, 2.45) is 10.6 Å². The van der Waals surface area contributed by atoms with E-state index in [4.69, 9.17) is 14.6 Å². The number of ketones is 1. The Morgan fingerprint density at radius 1 is 0.947 bits per heavy atom. The highest BCUT2D eigenvalue weighted by Crippen LogP contribution is 2.45. The van der Waals surface area contributed by atoms with Crippen LogP contribution >= 0.6 is 11.3 Å². The van der Waals surface area contributed by atoms with Crippen LogP contribution in [-0.2, 0) is 29.8 Å². The SMILES string of the molecule is CC(=O)OC(C)(C)C.CCC(CC)(c1ccc(OCC(=O)C(C)(C)C)c(C)c1)c1cc(C)c(S(N)(=O)=O)s1. The summed E-state index contributed by atoms with van der Waals surface area (Å²) in [5, 5.41) is 5.41. The third-order valence-corrected chi connectivity index (χ3v) is 9.20. The van der Waals surface area contributed by atoms with Gasteiger partial charge in [0.05, 0.1) is 0 Å². The Morgan fingerprint density at radius 3 is 1.84 bits per heavy atom. The molecule has 2 rings (SSSR count). The Balaban J connectivity index is 0.000000781. The molecule has 1 heterocycles. The van der Waals surface area contributed by atoms with Gasteiger partial charge in [-0.3, -0.25) is 9.59 Å². The fourth-order valence-corrected chi connectivity index (χ4v) is 6.53. The summed E-state index contributed by atoms with van der Waals surface area (Å²) in [7, 11) is -3.75. The lowest BCUT2D eigenvalue weighted by atomic mass is 9.74. The number of rotatable bonds is 8. The molecule has 0 saturated heterocycles. The van der Waals surface area contributed by atoms with Crippen LogP contribution in [0.5, 0.6) is 5.75 Å². The first-order valence-corrected chi connectivity index (χ1v) is 15.1. The highest BCUT2D eigenvalue weighted by atomic mass is 32.2. The maximum Gasteiger partial charge on any atom is 0.303 e. The van der Waals surface area contributed by atoms with Gasteiger partial charge in [-0.25, -0.2) is 13.6 Å². The van der Waals surface area contributed by atoms with E-state index in [1.54, 1.807) is 6.92 Å². The quantitative estimate of drug-likeness (QED) is 0.366. The molecule has 1 aromatic heterocycles. The summed E-state index contributed by atoms with van der Waals surface area (Å²) in [4.78, 5) is 23.4. The number of Topliss-reactive ketones (excluding diaryl/α,β-unsaturated/α-hetero) is 1. The maximum atomic E-state index is 12.2. The number of aryl methyl sites for hydroxylation is 2. The largest absolute Gasteiger partial charge is 0.486 e. The molecule has 9 heteroatoms. The van der Waals surface area contributed by atoms with Gasteiger partial charge in [0.25, 0.3) is 0 Å². The monoisotopic (exact) mass is 567 g/mol. The highest BCUT2D eigenvalue weighted by molar-refractivity contribution is 7.91. The first kappa shape index (κ1) is 33.8. The Bertz CT molecular complexity index is 1230. The van der Waals surface area contributed by atoms with E-state index in [0.717, 1.165) is 28.8 Å². The predicted octanol–water partition coefficient (Wildman–Crippen LogP) is 6.46. The predicted molar refractivity (Wildman–Crippen MR) is 154 cm³/mol. The van der Waals surface area contributed by atoms with E-state index in [0.29, 0.717) is 11.3 Å². The van der Waals surface area contributed by atoms with Gasteiger partial charge in [-0.2, -0.15) is 0 Å². The number of esters is 1. The maximum absolute atomic E-state index is 12.2. The molecule has 0 aliphatic heterocycles. The lowest BCUT2D eigenvalue weighted by molar-refractivity contribution is -0.151. The van der Waals surface area contributed by atoms with E-state index < -0.39 is 15.4 Å². The lowest BCUT2D eigenvalue weighted by Gasteiger charge is -2.32. The van der Waals surface area contributed by atoms with Gasteiger partial charge in [-0.05, 0) is 76.3 Å². The molecule has 0 bridgehead atoms. The van der Waals surface area contributed by atoms with Gasteiger partial charge in [0.15, 0.2) is 5.78 Å². The van der Waals surface area contributed by atoms with Gasteiger partial charge in [-0.15, -0.1) is 11.3 Å². The summed E-state index contributed by atoms with van der Waals surface area (Å²) in [6.45, 7) is 20.6. The number of benzene rings is 1. The molecule has 2 N–H and O–H groups in total. The minimum Gasteiger partial charge on any atom is -0.486 e. The summed E-state index contributed by atoms with van der Waals surface area (Å²) in [6.07, 6.45) is 1.63. The first-order valence-electron chi connectivity index (χ1n) is 12.8. The van der Waals surface area contributed by atoms with E-state index in [-0.39, 0.29) is 33.6 Å². The van der Waals surface area contributed by atoms with Crippen LogP contribution in [0.3, 0.4) is 0 Å². The third kappa shape index (κ3) is 9.20. The zero-order chi connectivity index (χ0) is 29.7. The van der Waals surface area contributed by atoms with Crippen LogP contribution < -0.4 is 9.88 Å². The molecule has 0 aliphatic carbocycles. The molecular weight excluding hydrogens is 522 g/mol. The molecule has 0 spiro atoms. The molecule has 0 amide bonds. The summed E-state index contributed by atoms with van der Waals surface area (Å²) < 4.78 is 34.7. The number of nitrogens with two attached hydrogens (primary N) is 1. The molecule has 0 atom stereocenters. The number of sulfonamides is 1. The van der Waals surface area contributed by atoms with Crippen LogP contribution in [-0.4, -0.2) is 32.4 Å². The minimum absolute atomic E-state index is 0.0399. The summed E-state index contributed by atoms with van der Waals surface area (Å²) in [6, 6.07) is 7.94. The molecule has 2 aromatic rings. The molecule has 0 aliphatic rings. The van der Waals surface area contributed by atoms with Crippen molar-refractivity contribution in [3.63, 3.8) is 0 Å². The average molecular weight is 568 g/mol. The average Bonchev–Trinajstić information content (AvgIpc) is 3.14. The molecule has 7 nitrogen and oxygen atoms in total. The number of ether oxygens (including phenoxy) is 2. The zero-order valence-corrected chi connectivity index (χ0v) is 26.4. The molecule has 0 radical (unpaired) electrons. The van der Waals surface area contributed by atoms with Crippen molar-refractivity contribution in [2.45, 2.75) is 104 Å². The summed E-state index contributed by atoms with van der Waals surface area (Å²) >= 11 is 1.26. The Hall–Kier alpha value is -2.23. The van der Waals surface area contributed by atoms with Gasteiger partial charge in [-0.1, -0.05) is 46.8 Å². The number of thiophene rings is 1. The van der Waals surface area contributed by atoms with Crippen LogP contribution in [0.15, 0.2) is 28.5 Å². The summed E-state index contributed by atoms with van der Waals surface area (Å²) in [5.41, 5.74) is 1.64. The van der Waals surface area contributed by atoms with E-state index in [1.807, 2.05) is 66.7 Å². The van der Waals surface area contributed by atoms with E-state index >= 15 is 0 Å². The van der Waals surface area contributed by atoms with Crippen molar-refractivity contribution in [3.8, 4) is 5.75 Å². The zero-order valence-electron chi connectivity index (χ0n) is 24.8. The third-order valence-electron chi connectivity index (χ3n) is 6.18. The van der Waals surface area contributed by atoms with Gasteiger partial charge in [0.1, 0.15) is 22.2 Å². The van der Waals surface area contributed by atoms with Crippen molar-refractivity contribution < 1.29 is 27.5 Å². The highest BCUT2D eigenvalue weighted by Gasteiger charge is 2.34. The first-order chi connectivity index (χ1) is 17.2. The van der Waals surface area contributed by atoms with Gasteiger partial charge in [0.2, 0.25) is 10.0 Å². The van der Waals surface area contributed by atoms with Crippen molar-refractivity contribution in [1.29, 1.82) is 0 Å². The number of hydrogen-bond acceptors (Lipinski definition) is 7. The Morgan fingerprint density at radius 2 is 1.50 bits per heavy atom. The molecule has 0 saturated carbocycles. The standard InChI is InChI=1S/C23H33NO4S2.C6H12O2/c1-8-23(9-2,20-13-16(4)21(29-20)30(24,26)27)17-10-11-18(15(3)12-17)28-14-19(25)22(5,6)7;1-5(7)8-6(2,3)4/h10-13H,8-9,14H2,1-7H3,(H2,24,26,27);1-4H3. The second-order valence-electron chi connectivity index (χ2n) is 11.6. The molecule has 1 aromatic carbocycles. The fourth-order valence-electron chi connectivity index (χ4n) is 4.03. The summed E-state index contributed by atoms with van der Waals surface area (Å²) in [5.74, 6) is 0.509. The number of carbonyl (C=O) groups is 2. The van der Waals surface area contributed by atoms with Crippen LogP contribution in [0.1, 0.15) is 96.7 Å². The van der Waals surface area contributed by atoms with E-state index in [2.05, 4.69) is 19.9 Å². The lowest BCUT2D eigenvalue weighted by Crippen LogP contribution is -2.27. The van der Waals surface area contributed by atoms with Crippen LogP contribution in [0, 0.1) is 19.3 Å². The smallest absolute Gasteiger partial charge is 0.303 e. The second-order valence-corrected chi connectivity index (χ2v) is 14.4. The molecular formula is C29H45NO6S2. The van der Waals surface area contributed by atoms with E-state index in [9.17, 15) is 18.0 Å². The van der Waals surface area contributed by atoms with Gasteiger partial charge >= 0.3 is 5.97 Å². The number of primary sulfonamides is 1. The number of carbonyl (C=O) groups excluding carboxylic acids is 2. The topological polar surface area (TPSA) is 113 Å². The Labute approximate surface area is 233 Å². The molecule has 38 heavy (non-hydrogen) atoms. The number of hydrogen-bond donors (Lipinski definition) is 1. The van der Waals surface area contributed by atoms with Crippen LogP contribution in [0.25, 0.3) is 0 Å². The molecule has 0 fully saturated rings. The normalized spacial score (nSPS) is 12.4. The Kier molecular flexibility index (Phi) is 11.3. The van der Waals surface area contributed by atoms with Crippen molar-refractivity contribution in [3.05, 3.63) is 45.8 Å². The van der Waals surface area contributed by atoms with Crippen LogP contribution in [0.4, 0.5) is 0 Å². The molecule has 214 valence electrons. The fraction of sp³-hybridized carbons (Fsp3) is 0.586.